The number of hydrogen-bond donors (Lipinski definition) is 0. The van der Waals surface area contributed by atoms with Gasteiger partial charge in [0, 0.05) is 0 Å². The normalized spacial score (nSPS) is 16.8. The van der Waals surface area contributed by atoms with Crippen LogP contribution in [-0.2, 0) is 4.74 Å². The van der Waals surface area contributed by atoms with Gasteiger partial charge in [0.1, 0.15) is 5.75 Å². The predicted molar refractivity (Wildman–Crippen MR) is 107 cm³/mol. The Morgan fingerprint density at radius 2 is 1.77 bits per heavy atom. The van der Waals surface area contributed by atoms with Crippen molar-refractivity contribution in [2.45, 2.75) is 78.1 Å². The van der Waals surface area contributed by atoms with E-state index in [1.54, 1.807) is 6.92 Å². The summed E-state index contributed by atoms with van der Waals surface area (Å²) in [4.78, 5) is 11.3. The lowest BCUT2D eigenvalue weighted by atomic mass is 9.84. The number of carbonyl (C=O) groups is 1. The fraction of sp³-hybridized carbons (Fsp3) is 0.609. The quantitative estimate of drug-likeness (QED) is 0.253. The van der Waals surface area contributed by atoms with Gasteiger partial charge in [-0.25, -0.2) is 4.79 Å². The number of hydrogen-bond acceptors (Lipinski definition) is 3. The first-order valence-electron chi connectivity index (χ1n) is 10.4. The minimum Gasteiger partial charge on any atom is -0.434 e. The van der Waals surface area contributed by atoms with Gasteiger partial charge < -0.3 is 9.47 Å². The minimum atomic E-state index is -0.644. The molecule has 0 spiro atoms. The maximum atomic E-state index is 11.3. The number of ether oxygens (including phenoxy) is 2. The highest BCUT2D eigenvalue weighted by atomic mass is 16.7. The van der Waals surface area contributed by atoms with Crippen LogP contribution in [0.15, 0.2) is 30.3 Å². The van der Waals surface area contributed by atoms with Gasteiger partial charge in [0.25, 0.3) is 0 Å². The van der Waals surface area contributed by atoms with Crippen molar-refractivity contribution in [3.63, 3.8) is 0 Å². The van der Waals surface area contributed by atoms with Gasteiger partial charge in [-0.3, -0.25) is 0 Å². The van der Waals surface area contributed by atoms with Gasteiger partial charge in [-0.2, -0.15) is 0 Å². The molecule has 26 heavy (non-hydrogen) atoms. The van der Waals surface area contributed by atoms with E-state index < -0.39 is 6.16 Å². The molecule has 1 atom stereocenters. The maximum absolute atomic E-state index is 11.3. The number of unbranched alkanes of at least 4 members (excludes halogenated alkanes) is 5. The number of rotatable bonds is 10. The van der Waals surface area contributed by atoms with E-state index >= 15 is 0 Å². The van der Waals surface area contributed by atoms with Crippen molar-refractivity contribution in [3.05, 3.63) is 35.9 Å². The smallest absolute Gasteiger partial charge is 0.434 e. The summed E-state index contributed by atoms with van der Waals surface area (Å²) in [6.45, 7) is 4.36. The summed E-state index contributed by atoms with van der Waals surface area (Å²) >= 11 is 0. The van der Waals surface area contributed by atoms with Crippen LogP contribution in [-0.4, -0.2) is 12.8 Å². The molecule has 0 N–H and O–H groups in total. The van der Waals surface area contributed by atoms with E-state index in [0.29, 0.717) is 12.4 Å². The van der Waals surface area contributed by atoms with E-state index in [-0.39, 0.29) is 0 Å². The Balaban J connectivity index is 1.73. The van der Waals surface area contributed by atoms with Gasteiger partial charge in [0.05, 0.1) is 6.61 Å². The number of benzene rings is 1. The third-order valence-electron chi connectivity index (χ3n) is 5.17. The minimum absolute atomic E-state index is 0.323. The zero-order chi connectivity index (χ0) is 18.6. The van der Waals surface area contributed by atoms with Gasteiger partial charge in [-0.05, 0) is 55.4 Å². The maximum Gasteiger partial charge on any atom is 0.513 e. The molecule has 0 saturated heterocycles. The van der Waals surface area contributed by atoms with Crippen molar-refractivity contribution in [3.8, 4) is 5.75 Å². The molecule has 1 aliphatic rings. The Labute approximate surface area is 158 Å². The molecule has 1 unspecified atom stereocenters. The standard InChI is InChI=1S/C23H34O3/c1-3-5-6-7-8-9-10-19-11-13-20(14-12-19)21-15-17-22(18-16-21)26-23(24)25-4-2/h13,15-19H,3-12,14H2,1-2H3. The van der Waals surface area contributed by atoms with Crippen LogP contribution in [0.2, 0.25) is 0 Å². The van der Waals surface area contributed by atoms with Gasteiger partial charge in [0.2, 0.25) is 0 Å². The van der Waals surface area contributed by atoms with Gasteiger partial charge in [-0.1, -0.05) is 70.1 Å². The average molecular weight is 359 g/mol. The van der Waals surface area contributed by atoms with Crippen LogP contribution in [0.25, 0.3) is 5.57 Å². The summed E-state index contributed by atoms with van der Waals surface area (Å²) in [5, 5.41) is 0. The van der Waals surface area contributed by atoms with Crippen LogP contribution >= 0.6 is 0 Å². The largest absolute Gasteiger partial charge is 0.513 e. The fourth-order valence-corrected chi connectivity index (χ4v) is 3.61. The Kier molecular flexibility index (Phi) is 9.30. The second-order valence-electron chi connectivity index (χ2n) is 7.24. The molecule has 1 aliphatic carbocycles. The highest BCUT2D eigenvalue weighted by Gasteiger charge is 2.15. The van der Waals surface area contributed by atoms with Crippen LogP contribution in [0.1, 0.15) is 83.6 Å². The Morgan fingerprint density at radius 3 is 2.42 bits per heavy atom. The van der Waals surface area contributed by atoms with Crippen LogP contribution in [0.3, 0.4) is 0 Å². The first-order chi connectivity index (χ1) is 12.7. The van der Waals surface area contributed by atoms with Crippen LogP contribution in [0.5, 0.6) is 5.75 Å². The van der Waals surface area contributed by atoms with Crippen molar-refractivity contribution in [2.24, 2.45) is 5.92 Å². The third-order valence-corrected chi connectivity index (χ3v) is 5.17. The van der Waals surface area contributed by atoms with Crippen LogP contribution < -0.4 is 4.74 Å². The fourth-order valence-electron chi connectivity index (χ4n) is 3.61. The van der Waals surface area contributed by atoms with E-state index in [4.69, 9.17) is 9.47 Å². The van der Waals surface area contributed by atoms with Crippen molar-refractivity contribution in [1.29, 1.82) is 0 Å². The Morgan fingerprint density at radius 1 is 1.04 bits per heavy atom. The zero-order valence-electron chi connectivity index (χ0n) is 16.5. The summed E-state index contributed by atoms with van der Waals surface area (Å²) in [5.41, 5.74) is 2.66. The molecule has 0 aromatic heterocycles. The molecule has 1 aromatic carbocycles. The van der Waals surface area contributed by atoms with Gasteiger partial charge >= 0.3 is 6.16 Å². The summed E-state index contributed by atoms with van der Waals surface area (Å²) in [6.07, 6.45) is 15.1. The predicted octanol–water partition coefficient (Wildman–Crippen LogP) is 7.16. The van der Waals surface area contributed by atoms with E-state index in [1.165, 1.54) is 68.9 Å². The molecule has 0 aliphatic heterocycles. The molecule has 0 heterocycles. The highest BCUT2D eigenvalue weighted by Crippen LogP contribution is 2.33. The summed E-state index contributed by atoms with van der Waals surface area (Å²) in [7, 11) is 0. The number of allylic oxidation sites excluding steroid dienone is 2. The second kappa shape index (κ2) is 11.8. The lowest BCUT2D eigenvalue weighted by Crippen LogP contribution is -2.10. The Bertz CT molecular complexity index is 559. The van der Waals surface area contributed by atoms with Gasteiger partial charge in [-0.15, -0.1) is 0 Å². The molecule has 3 nitrogen and oxygen atoms in total. The third kappa shape index (κ3) is 7.23. The molecular formula is C23H34O3. The van der Waals surface area contributed by atoms with Crippen LogP contribution in [0.4, 0.5) is 4.79 Å². The first-order valence-corrected chi connectivity index (χ1v) is 10.4. The van der Waals surface area contributed by atoms with Crippen molar-refractivity contribution >= 4 is 11.7 Å². The molecule has 0 radical (unpaired) electrons. The molecule has 144 valence electrons. The zero-order valence-corrected chi connectivity index (χ0v) is 16.5. The molecule has 1 aromatic rings. The lowest BCUT2D eigenvalue weighted by Gasteiger charge is -2.22. The molecule has 2 rings (SSSR count). The average Bonchev–Trinajstić information content (AvgIpc) is 2.66. The topological polar surface area (TPSA) is 35.5 Å². The first kappa shape index (κ1) is 20.5. The summed E-state index contributed by atoms with van der Waals surface area (Å²) in [6, 6.07) is 7.76. The van der Waals surface area contributed by atoms with Crippen molar-refractivity contribution in [2.75, 3.05) is 6.61 Å². The number of carbonyl (C=O) groups excluding carboxylic acids is 1. The lowest BCUT2D eigenvalue weighted by molar-refractivity contribution is 0.104. The summed E-state index contributed by atoms with van der Waals surface area (Å²) < 4.78 is 9.90. The van der Waals surface area contributed by atoms with Crippen molar-refractivity contribution < 1.29 is 14.3 Å². The van der Waals surface area contributed by atoms with E-state index in [9.17, 15) is 4.79 Å². The molecule has 0 fully saturated rings. The molecule has 0 saturated carbocycles. The monoisotopic (exact) mass is 358 g/mol. The van der Waals surface area contributed by atoms with E-state index in [2.05, 4.69) is 13.0 Å². The highest BCUT2D eigenvalue weighted by molar-refractivity contribution is 5.68. The van der Waals surface area contributed by atoms with Gasteiger partial charge in [0.15, 0.2) is 0 Å². The molecular weight excluding hydrogens is 324 g/mol. The molecule has 0 amide bonds. The van der Waals surface area contributed by atoms with E-state index in [1.807, 2.05) is 24.3 Å². The molecule has 0 bridgehead atoms. The van der Waals surface area contributed by atoms with Crippen molar-refractivity contribution in [1.82, 2.24) is 0 Å². The Hall–Kier alpha value is -1.77. The van der Waals surface area contributed by atoms with Crippen LogP contribution in [0, 0.1) is 5.92 Å². The summed E-state index contributed by atoms with van der Waals surface area (Å²) in [5.74, 6) is 1.39. The van der Waals surface area contributed by atoms with E-state index in [0.717, 1.165) is 12.3 Å². The SMILES string of the molecule is CCCCCCCCC1CC=C(c2ccc(OC(=O)OCC)cc2)CC1. The second-order valence-corrected chi connectivity index (χ2v) is 7.24. The molecule has 3 heteroatoms.